The van der Waals surface area contributed by atoms with Crippen molar-refractivity contribution in [2.45, 2.75) is 19.8 Å². The Balaban J connectivity index is 1.62. The molecular weight excluding hydrogens is 326 g/mol. The second-order valence-electron chi connectivity index (χ2n) is 6.53. The van der Waals surface area contributed by atoms with Crippen molar-refractivity contribution in [3.8, 4) is 0 Å². The van der Waals surface area contributed by atoms with Gasteiger partial charge in [0.05, 0.1) is 0 Å². The van der Waals surface area contributed by atoms with Crippen LogP contribution in [0.5, 0.6) is 0 Å². The fourth-order valence-electron chi connectivity index (χ4n) is 3.26. The molecule has 0 aromatic heterocycles. The maximum atomic E-state index is 12.8. The third kappa shape index (κ3) is 4.42. The normalized spacial score (nSPS) is 14.7. The molecule has 3 rings (SSSR count). The number of carbonyl (C=O) groups excluding carboxylic acids is 2. The van der Waals surface area contributed by atoms with Gasteiger partial charge in [0.1, 0.15) is 0 Å². The number of anilines is 2. The summed E-state index contributed by atoms with van der Waals surface area (Å²) in [5.74, 6) is 0.148. The largest absolute Gasteiger partial charge is 0.356 e. The monoisotopic (exact) mass is 351 g/mol. The minimum absolute atomic E-state index is 0.0186. The van der Waals surface area contributed by atoms with Crippen molar-refractivity contribution >= 4 is 23.2 Å². The summed E-state index contributed by atoms with van der Waals surface area (Å²) >= 11 is 0. The van der Waals surface area contributed by atoms with Crippen LogP contribution in [0.3, 0.4) is 0 Å². The summed E-state index contributed by atoms with van der Waals surface area (Å²) in [5.41, 5.74) is 2.54. The Morgan fingerprint density at radius 3 is 2.38 bits per heavy atom. The molecule has 0 unspecified atom stereocenters. The average molecular weight is 351 g/mol. The molecule has 0 spiro atoms. The highest BCUT2D eigenvalue weighted by atomic mass is 16.2. The van der Waals surface area contributed by atoms with Crippen LogP contribution < -0.4 is 10.6 Å². The van der Waals surface area contributed by atoms with Gasteiger partial charge in [0.2, 0.25) is 5.91 Å². The van der Waals surface area contributed by atoms with Gasteiger partial charge in [-0.25, -0.2) is 0 Å². The number of benzene rings is 2. The summed E-state index contributed by atoms with van der Waals surface area (Å²) in [4.78, 5) is 26.6. The van der Waals surface area contributed by atoms with E-state index in [0.29, 0.717) is 25.2 Å². The Labute approximate surface area is 154 Å². The number of hydrogen-bond donors (Lipinski definition) is 2. The van der Waals surface area contributed by atoms with Crippen LogP contribution >= 0.6 is 0 Å². The first kappa shape index (κ1) is 18.0. The van der Waals surface area contributed by atoms with Gasteiger partial charge in [0.25, 0.3) is 5.91 Å². The maximum absolute atomic E-state index is 12.8. The van der Waals surface area contributed by atoms with Gasteiger partial charge in [-0.1, -0.05) is 24.3 Å². The predicted octanol–water partition coefficient (Wildman–Crippen LogP) is 3.42. The van der Waals surface area contributed by atoms with Crippen molar-refractivity contribution in [2.75, 3.05) is 25.0 Å². The summed E-state index contributed by atoms with van der Waals surface area (Å²) in [5, 5.41) is 6.19. The molecule has 2 aromatic carbocycles. The molecule has 2 N–H and O–H groups in total. The van der Waals surface area contributed by atoms with E-state index in [9.17, 15) is 9.59 Å². The molecule has 1 saturated heterocycles. The van der Waals surface area contributed by atoms with Gasteiger partial charge in [0, 0.05) is 42.5 Å². The number of nitrogens with zero attached hydrogens (tertiary/aromatic N) is 1. The molecule has 1 heterocycles. The average Bonchev–Trinajstić information content (AvgIpc) is 2.69. The minimum atomic E-state index is 0.0186. The van der Waals surface area contributed by atoms with E-state index < -0.39 is 0 Å². The van der Waals surface area contributed by atoms with E-state index in [1.165, 1.54) is 0 Å². The third-order valence-electron chi connectivity index (χ3n) is 4.68. The van der Waals surface area contributed by atoms with E-state index in [-0.39, 0.29) is 17.7 Å². The fourth-order valence-corrected chi connectivity index (χ4v) is 3.26. The zero-order chi connectivity index (χ0) is 18.4. The molecule has 2 amide bonds. The maximum Gasteiger partial charge on any atom is 0.253 e. The molecule has 0 bridgehead atoms. The molecule has 1 aliphatic rings. The van der Waals surface area contributed by atoms with Crippen LogP contribution in [0.1, 0.15) is 30.1 Å². The number of hydrogen-bond acceptors (Lipinski definition) is 3. The number of rotatable bonds is 5. The highest BCUT2D eigenvalue weighted by Gasteiger charge is 2.27. The number of carbonyl (C=O) groups is 2. The second-order valence-corrected chi connectivity index (χ2v) is 6.53. The van der Waals surface area contributed by atoms with E-state index in [2.05, 4.69) is 10.6 Å². The van der Waals surface area contributed by atoms with Gasteiger partial charge in [0.15, 0.2) is 0 Å². The van der Waals surface area contributed by atoms with Crippen LogP contribution in [0.15, 0.2) is 54.6 Å². The zero-order valence-corrected chi connectivity index (χ0v) is 15.1. The van der Waals surface area contributed by atoms with E-state index in [1.807, 2.05) is 66.4 Å². The standard InChI is InChI=1S/C21H25N3O2/c1-2-22-20(25)16-11-13-24(14-12-16)21(26)17-7-6-10-19(15-17)23-18-8-4-3-5-9-18/h3-10,15-16,23H,2,11-14H2,1H3,(H,22,25). The summed E-state index contributed by atoms with van der Waals surface area (Å²) in [6, 6.07) is 17.4. The lowest BCUT2D eigenvalue weighted by Crippen LogP contribution is -2.43. The quantitative estimate of drug-likeness (QED) is 0.868. The van der Waals surface area contributed by atoms with Crippen molar-refractivity contribution < 1.29 is 9.59 Å². The fraction of sp³-hybridized carbons (Fsp3) is 0.333. The van der Waals surface area contributed by atoms with Gasteiger partial charge >= 0.3 is 0 Å². The lowest BCUT2D eigenvalue weighted by Gasteiger charge is -2.31. The summed E-state index contributed by atoms with van der Waals surface area (Å²) in [6.45, 7) is 3.82. The topological polar surface area (TPSA) is 61.4 Å². The highest BCUT2D eigenvalue weighted by molar-refractivity contribution is 5.95. The Kier molecular flexibility index (Phi) is 5.89. The van der Waals surface area contributed by atoms with Gasteiger partial charge in [-0.3, -0.25) is 9.59 Å². The Bertz CT molecular complexity index is 753. The lowest BCUT2D eigenvalue weighted by atomic mass is 9.95. The third-order valence-corrected chi connectivity index (χ3v) is 4.68. The summed E-state index contributed by atoms with van der Waals surface area (Å²) in [6.07, 6.45) is 1.44. The molecule has 0 atom stereocenters. The summed E-state index contributed by atoms with van der Waals surface area (Å²) in [7, 11) is 0. The first-order valence-corrected chi connectivity index (χ1v) is 9.16. The van der Waals surface area contributed by atoms with Gasteiger partial charge in [-0.2, -0.15) is 0 Å². The van der Waals surface area contributed by atoms with Crippen LogP contribution in [0.4, 0.5) is 11.4 Å². The van der Waals surface area contributed by atoms with Crippen molar-refractivity contribution in [1.82, 2.24) is 10.2 Å². The van der Waals surface area contributed by atoms with Crippen molar-refractivity contribution in [1.29, 1.82) is 0 Å². The van der Waals surface area contributed by atoms with Crippen LogP contribution in [0.25, 0.3) is 0 Å². The van der Waals surface area contributed by atoms with E-state index in [1.54, 1.807) is 0 Å². The lowest BCUT2D eigenvalue weighted by molar-refractivity contribution is -0.126. The molecule has 26 heavy (non-hydrogen) atoms. The number of piperidine rings is 1. The van der Waals surface area contributed by atoms with Gasteiger partial charge in [-0.15, -0.1) is 0 Å². The van der Waals surface area contributed by atoms with Crippen LogP contribution in [0.2, 0.25) is 0 Å². The van der Waals surface area contributed by atoms with Crippen molar-refractivity contribution in [3.63, 3.8) is 0 Å². The molecule has 5 nitrogen and oxygen atoms in total. The number of amides is 2. The SMILES string of the molecule is CCNC(=O)C1CCN(C(=O)c2cccc(Nc3ccccc3)c2)CC1. The van der Waals surface area contributed by atoms with Crippen LogP contribution in [-0.2, 0) is 4.79 Å². The molecule has 0 saturated carbocycles. The number of nitrogens with one attached hydrogen (secondary N) is 2. The van der Waals surface area contributed by atoms with E-state index in [0.717, 1.165) is 24.2 Å². The van der Waals surface area contributed by atoms with Crippen LogP contribution in [0, 0.1) is 5.92 Å². The van der Waals surface area contributed by atoms with Crippen molar-refractivity contribution in [2.24, 2.45) is 5.92 Å². The molecule has 136 valence electrons. The summed E-state index contributed by atoms with van der Waals surface area (Å²) < 4.78 is 0. The first-order chi connectivity index (χ1) is 12.7. The Hall–Kier alpha value is -2.82. The van der Waals surface area contributed by atoms with Crippen molar-refractivity contribution in [3.05, 3.63) is 60.2 Å². The molecule has 0 aliphatic carbocycles. The zero-order valence-electron chi connectivity index (χ0n) is 15.1. The molecule has 1 aliphatic heterocycles. The molecular formula is C21H25N3O2. The number of likely N-dealkylation sites (tertiary alicyclic amines) is 1. The van der Waals surface area contributed by atoms with Gasteiger partial charge < -0.3 is 15.5 Å². The van der Waals surface area contributed by atoms with E-state index >= 15 is 0 Å². The van der Waals surface area contributed by atoms with E-state index in [4.69, 9.17) is 0 Å². The molecule has 2 aromatic rings. The predicted molar refractivity (Wildman–Crippen MR) is 103 cm³/mol. The molecule has 1 fully saturated rings. The van der Waals surface area contributed by atoms with Gasteiger partial charge in [-0.05, 0) is 50.1 Å². The number of para-hydroxylation sites is 1. The molecule has 0 radical (unpaired) electrons. The second kappa shape index (κ2) is 8.52. The Morgan fingerprint density at radius 2 is 1.69 bits per heavy atom. The Morgan fingerprint density at radius 1 is 1.00 bits per heavy atom. The smallest absolute Gasteiger partial charge is 0.253 e. The van der Waals surface area contributed by atoms with Crippen LogP contribution in [-0.4, -0.2) is 36.3 Å². The minimum Gasteiger partial charge on any atom is -0.356 e. The molecule has 5 heteroatoms. The first-order valence-electron chi connectivity index (χ1n) is 9.16. The highest BCUT2D eigenvalue weighted by Crippen LogP contribution is 2.22.